The number of hydrogen-bond donors (Lipinski definition) is 8. The number of nitrogens with two attached hydrogens (primary N) is 4. The average Bonchev–Trinajstić information content (AvgIpc) is 3.03. The summed E-state index contributed by atoms with van der Waals surface area (Å²) < 4.78 is 0. The third-order valence-electron chi connectivity index (χ3n) is 5.18. The van der Waals surface area contributed by atoms with Crippen LogP contribution in [0, 0.1) is 0 Å². The molecule has 0 saturated carbocycles. The Balaban J connectivity index is 0.000000335. The highest BCUT2D eigenvalue weighted by atomic mass is 79.9. The fraction of sp³-hybridized carbons (Fsp3) is 0.0714. The predicted molar refractivity (Wildman–Crippen MR) is 172 cm³/mol. The molecular weight excluding hydrogens is 672 g/mol. The van der Waals surface area contributed by atoms with E-state index in [0.29, 0.717) is 5.17 Å². The minimum Gasteiger partial charge on any atom is -1.00 e. The summed E-state index contributed by atoms with van der Waals surface area (Å²) in [7, 11) is 0. The Morgan fingerprint density at radius 3 is 1.38 bits per heavy atom. The number of rotatable bonds is 5. The molecule has 12 heteroatoms. The van der Waals surface area contributed by atoms with Gasteiger partial charge in [0.1, 0.15) is 0 Å². The molecule has 0 aliphatic rings. The number of hydrazone groups is 1. The molecule has 0 unspecified atom stereocenters. The highest BCUT2D eigenvalue weighted by Crippen LogP contribution is 2.21. The Morgan fingerprint density at radius 1 is 0.650 bits per heavy atom. The second-order valence-corrected chi connectivity index (χ2v) is 9.74. The number of alkyl halides is 1. The van der Waals surface area contributed by atoms with Gasteiger partial charge in [-0.05, 0) is 57.4 Å². The zero-order valence-electron chi connectivity index (χ0n) is 21.7. The van der Waals surface area contributed by atoms with Gasteiger partial charge in [0.15, 0.2) is 5.11 Å². The van der Waals surface area contributed by atoms with Crippen LogP contribution < -0.4 is 61.7 Å². The summed E-state index contributed by atoms with van der Waals surface area (Å²) in [5.41, 5.74) is 14.2. The molecule has 212 valence electrons. The quantitative estimate of drug-likeness (QED) is 0.0353. The highest BCUT2D eigenvalue weighted by molar-refractivity contribution is 9.08. The van der Waals surface area contributed by atoms with E-state index < -0.39 is 0 Å². The summed E-state index contributed by atoms with van der Waals surface area (Å²) in [6.45, 7) is 0. The van der Waals surface area contributed by atoms with Gasteiger partial charge in [0, 0.05) is 11.1 Å². The number of amidine groups is 1. The van der Waals surface area contributed by atoms with Crippen LogP contribution >= 0.6 is 39.9 Å². The molecule has 4 aromatic rings. The number of benzene rings is 4. The van der Waals surface area contributed by atoms with Crippen LogP contribution in [0.2, 0.25) is 0 Å². The van der Waals surface area contributed by atoms with Crippen LogP contribution in [-0.2, 0) is 11.1 Å². The van der Waals surface area contributed by atoms with Gasteiger partial charge in [-0.2, -0.15) is 16.4 Å². The summed E-state index contributed by atoms with van der Waals surface area (Å²) in [6.07, 6.45) is 0. The van der Waals surface area contributed by atoms with E-state index in [1.807, 2.05) is 24.3 Å². The van der Waals surface area contributed by atoms with E-state index in [1.54, 1.807) is 0 Å². The Bertz CT molecular complexity index is 1260. The molecule has 0 aromatic heterocycles. The van der Waals surface area contributed by atoms with Crippen molar-refractivity contribution >= 4 is 50.2 Å². The Hall–Kier alpha value is -2.97. The largest absolute Gasteiger partial charge is 1.00 e. The lowest BCUT2D eigenvalue weighted by Gasteiger charge is -2.03. The van der Waals surface area contributed by atoms with Gasteiger partial charge in [0.25, 0.3) is 0 Å². The van der Waals surface area contributed by atoms with Gasteiger partial charge in [0.2, 0.25) is 0 Å². The van der Waals surface area contributed by atoms with Crippen LogP contribution in [0.1, 0.15) is 11.1 Å². The number of hydrazine groups is 4. The van der Waals surface area contributed by atoms with Crippen LogP contribution in [-0.4, -0.2) is 10.3 Å². The summed E-state index contributed by atoms with van der Waals surface area (Å²) >= 11 is 9.34. The van der Waals surface area contributed by atoms with E-state index in [2.05, 4.69) is 134 Å². The molecule has 40 heavy (non-hydrogen) atoms. The molecule has 0 fully saturated rings. The molecule has 0 spiro atoms. The van der Waals surface area contributed by atoms with Gasteiger partial charge in [-0.15, -0.1) is 0 Å². The number of thioether (sulfide) groups is 1. The van der Waals surface area contributed by atoms with Crippen molar-refractivity contribution in [3.63, 3.8) is 0 Å². The zero-order valence-corrected chi connectivity index (χ0v) is 26.5. The Labute approximate surface area is 264 Å². The molecule has 0 amide bonds. The van der Waals surface area contributed by atoms with Crippen molar-refractivity contribution in [2.45, 2.75) is 11.1 Å². The van der Waals surface area contributed by atoms with E-state index in [0.717, 1.165) is 11.1 Å². The van der Waals surface area contributed by atoms with E-state index in [9.17, 15) is 0 Å². The third kappa shape index (κ3) is 12.9. The molecule has 0 radical (unpaired) electrons. The van der Waals surface area contributed by atoms with Gasteiger partial charge >= 0.3 is 5.17 Å². The maximum absolute atomic E-state index is 5.30. The normalized spacial score (nSPS) is 9.95. The molecule has 12 N–H and O–H groups in total. The Kier molecular flexibility index (Phi) is 18.3. The summed E-state index contributed by atoms with van der Waals surface area (Å²) in [5, 5.41) is 4.30. The van der Waals surface area contributed by atoms with E-state index >= 15 is 0 Å². The van der Waals surface area contributed by atoms with Crippen molar-refractivity contribution in [1.82, 2.24) is 16.3 Å². The lowest BCUT2D eigenvalue weighted by atomic mass is 10.0. The summed E-state index contributed by atoms with van der Waals surface area (Å²) in [5.74, 6) is 20.9. The predicted octanol–water partition coefficient (Wildman–Crippen LogP) is -0.189. The topological polar surface area (TPSA) is 154 Å². The van der Waals surface area contributed by atoms with Gasteiger partial charge in [-0.3, -0.25) is 16.7 Å². The molecule has 0 bridgehead atoms. The Morgan fingerprint density at radius 2 is 1.05 bits per heavy atom. The first-order valence-corrected chi connectivity index (χ1v) is 14.3. The van der Waals surface area contributed by atoms with Crippen LogP contribution in [0.4, 0.5) is 0 Å². The van der Waals surface area contributed by atoms with Gasteiger partial charge < -0.3 is 17.0 Å². The van der Waals surface area contributed by atoms with Crippen molar-refractivity contribution in [2.24, 2.45) is 23.4 Å². The lowest BCUT2D eigenvalue weighted by Crippen LogP contribution is -3.00. The molecule has 8 nitrogen and oxygen atoms in total. The fourth-order valence-corrected chi connectivity index (χ4v) is 4.21. The molecular formula is C28H34Br2N8S2. The second-order valence-electron chi connectivity index (χ2n) is 7.78. The maximum Gasteiger partial charge on any atom is 0.345 e. The van der Waals surface area contributed by atoms with Crippen LogP contribution in [0.25, 0.3) is 22.3 Å². The first-order valence-electron chi connectivity index (χ1n) is 11.8. The van der Waals surface area contributed by atoms with Crippen molar-refractivity contribution in [2.75, 3.05) is 0 Å². The number of hydrogen-bond acceptors (Lipinski definition) is 6. The fourth-order valence-electron chi connectivity index (χ4n) is 3.16. The van der Waals surface area contributed by atoms with Crippen LogP contribution in [0.5, 0.6) is 0 Å². The van der Waals surface area contributed by atoms with E-state index in [-0.39, 0.29) is 22.1 Å². The lowest BCUT2D eigenvalue weighted by molar-refractivity contribution is -0.468. The van der Waals surface area contributed by atoms with E-state index in [1.165, 1.54) is 45.1 Å². The number of nitrogens with one attached hydrogen (secondary N) is 4. The van der Waals surface area contributed by atoms with Crippen LogP contribution in [0.3, 0.4) is 0 Å². The van der Waals surface area contributed by atoms with Gasteiger partial charge in [-0.1, -0.05) is 125 Å². The molecule has 0 heterocycles. The summed E-state index contributed by atoms with van der Waals surface area (Å²) in [6, 6.07) is 37.8. The third-order valence-corrected chi connectivity index (χ3v) is 7.07. The number of halogens is 2. The van der Waals surface area contributed by atoms with Gasteiger partial charge in [0.05, 0.1) is 0 Å². The van der Waals surface area contributed by atoms with Crippen molar-refractivity contribution in [3.8, 4) is 22.3 Å². The van der Waals surface area contributed by atoms with Gasteiger partial charge in [-0.25, -0.2) is 11.7 Å². The first kappa shape index (κ1) is 35.1. The average molecular weight is 707 g/mol. The number of thiocarbonyl (C=S) groups is 1. The first-order chi connectivity index (χ1) is 19.0. The maximum atomic E-state index is 5.30. The molecule has 0 aliphatic heterocycles. The van der Waals surface area contributed by atoms with E-state index in [4.69, 9.17) is 23.4 Å². The minimum absolute atomic E-state index is 0. The monoisotopic (exact) mass is 704 g/mol. The summed E-state index contributed by atoms with van der Waals surface area (Å²) in [4.78, 5) is 0. The standard InChI is InChI=1S/C14H16N4S.C13H11Br.CH6N4S.BrH/c15-17-14(18-16)19-10-11-6-8-13(9-7-11)12-4-2-1-3-5-12;14-10-11-6-8-13(9-7-11)12-4-2-1-3-5-12;2-4-1(6)5-3;/h1-9H,10,15-16H2,(H,17,18);1-9H,10H2;2-3H2,(H2,4,5,6);1H. The molecule has 0 saturated heterocycles. The zero-order chi connectivity index (χ0) is 28.3. The SMILES string of the molecule is BrCc1ccc(-c2ccccc2)cc1.NNC(=S)NN.NNC(=[NH+]N)SCc1ccc(-c2ccccc2)cc1.[Br-]. The molecule has 0 atom stereocenters. The smallest absolute Gasteiger partial charge is 0.345 e. The molecule has 4 aromatic carbocycles. The van der Waals surface area contributed by atoms with Crippen LogP contribution in [0.15, 0.2) is 109 Å². The highest BCUT2D eigenvalue weighted by Gasteiger charge is 2.05. The van der Waals surface area contributed by atoms with Crippen molar-refractivity contribution < 1.29 is 22.1 Å². The van der Waals surface area contributed by atoms with Crippen molar-refractivity contribution in [3.05, 3.63) is 120 Å². The second kappa shape index (κ2) is 20.9. The van der Waals surface area contributed by atoms with Crippen molar-refractivity contribution in [1.29, 1.82) is 0 Å². The molecule has 4 rings (SSSR count). The molecule has 0 aliphatic carbocycles. The minimum atomic E-state index is 0.